The largest absolute Gasteiger partial charge is 0.461 e. The fourth-order valence-corrected chi connectivity index (χ4v) is 0.678. The molecule has 54 valence electrons. The van der Waals surface area contributed by atoms with E-state index >= 15 is 0 Å². The molecule has 0 amide bonds. The summed E-state index contributed by atoms with van der Waals surface area (Å²) >= 11 is 0. The van der Waals surface area contributed by atoms with Crippen molar-refractivity contribution in [2.24, 2.45) is 5.73 Å². The quantitative estimate of drug-likeness (QED) is 0.614. The van der Waals surface area contributed by atoms with Crippen LogP contribution in [-0.2, 0) is 0 Å². The van der Waals surface area contributed by atoms with Crippen LogP contribution in [0.15, 0.2) is 16.7 Å². The minimum atomic E-state index is -0.159. The summed E-state index contributed by atoms with van der Waals surface area (Å²) < 4.78 is 4.89. The van der Waals surface area contributed by atoms with Crippen LogP contribution in [-0.4, -0.2) is 12.3 Å². The molecule has 0 aliphatic carbocycles. The number of ketones is 1. The number of rotatable bonds is 2. The van der Waals surface area contributed by atoms with E-state index in [4.69, 9.17) is 10.2 Å². The second-order valence-electron chi connectivity index (χ2n) is 2.12. The molecule has 0 spiro atoms. The molecule has 0 unspecified atom stereocenters. The zero-order chi connectivity index (χ0) is 7.56. The standard InChI is InChI=1S/C7H9NO2/c1-5-2-7(10-4-5)6(9)3-8/h2,4H,3,8H2,1H3. The molecule has 0 atom stereocenters. The van der Waals surface area contributed by atoms with Gasteiger partial charge >= 0.3 is 0 Å². The van der Waals surface area contributed by atoms with Crippen molar-refractivity contribution in [3.05, 3.63) is 23.7 Å². The van der Waals surface area contributed by atoms with Gasteiger partial charge in [0.25, 0.3) is 0 Å². The van der Waals surface area contributed by atoms with E-state index in [1.165, 1.54) is 6.26 Å². The zero-order valence-electron chi connectivity index (χ0n) is 5.76. The van der Waals surface area contributed by atoms with Crippen LogP contribution >= 0.6 is 0 Å². The fraction of sp³-hybridized carbons (Fsp3) is 0.286. The second kappa shape index (κ2) is 2.66. The molecule has 0 saturated heterocycles. The SMILES string of the molecule is Cc1coc(C(=O)CN)c1. The highest BCUT2D eigenvalue weighted by molar-refractivity contribution is 5.94. The molecular weight excluding hydrogens is 130 g/mol. The highest BCUT2D eigenvalue weighted by atomic mass is 16.3. The van der Waals surface area contributed by atoms with E-state index in [2.05, 4.69) is 0 Å². The van der Waals surface area contributed by atoms with Crippen LogP contribution in [0, 0.1) is 6.92 Å². The lowest BCUT2D eigenvalue weighted by Gasteiger charge is -1.86. The Labute approximate surface area is 58.8 Å². The topological polar surface area (TPSA) is 56.2 Å². The molecule has 0 aliphatic rings. The van der Waals surface area contributed by atoms with Crippen molar-refractivity contribution in [1.82, 2.24) is 0 Å². The van der Waals surface area contributed by atoms with Gasteiger partial charge in [-0.3, -0.25) is 4.79 Å². The molecule has 3 heteroatoms. The van der Waals surface area contributed by atoms with Gasteiger partial charge in [0.2, 0.25) is 5.78 Å². The van der Waals surface area contributed by atoms with E-state index < -0.39 is 0 Å². The summed E-state index contributed by atoms with van der Waals surface area (Å²) in [4.78, 5) is 10.8. The molecule has 0 radical (unpaired) electrons. The molecule has 3 nitrogen and oxygen atoms in total. The van der Waals surface area contributed by atoms with E-state index in [0.717, 1.165) is 5.56 Å². The van der Waals surface area contributed by atoms with Gasteiger partial charge in [0.1, 0.15) is 0 Å². The lowest BCUT2D eigenvalue weighted by atomic mass is 10.3. The predicted molar refractivity (Wildman–Crippen MR) is 36.8 cm³/mol. The van der Waals surface area contributed by atoms with Crippen molar-refractivity contribution >= 4 is 5.78 Å². The Kier molecular flexibility index (Phi) is 1.87. The molecule has 1 heterocycles. The normalized spacial score (nSPS) is 9.80. The Balaban J connectivity index is 2.85. The van der Waals surface area contributed by atoms with Gasteiger partial charge in [-0.25, -0.2) is 0 Å². The minimum Gasteiger partial charge on any atom is -0.461 e. The number of carbonyl (C=O) groups excluding carboxylic acids is 1. The predicted octanol–water partition coefficient (Wildman–Crippen LogP) is 0.729. The molecule has 0 bridgehead atoms. The fourth-order valence-electron chi connectivity index (χ4n) is 0.678. The van der Waals surface area contributed by atoms with Gasteiger partial charge in [0.15, 0.2) is 5.76 Å². The van der Waals surface area contributed by atoms with Crippen molar-refractivity contribution in [3.8, 4) is 0 Å². The van der Waals surface area contributed by atoms with Crippen LogP contribution in [0.5, 0.6) is 0 Å². The van der Waals surface area contributed by atoms with Gasteiger partial charge in [-0.05, 0) is 18.6 Å². The van der Waals surface area contributed by atoms with E-state index in [-0.39, 0.29) is 12.3 Å². The minimum absolute atomic E-state index is 0.00690. The van der Waals surface area contributed by atoms with Crippen molar-refractivity contribution in [3.63, 3.8) is 0 Å². The summed E-state index contributed by atoms with van der Waals surface area (Å²) in [5, 5.41) is 0. The van der Waals surface area contributed by atoms with Crippen LogP contribution in [0.2, 0.25) is 0 Å². The smallest absolute Gasteiger partial charge is 0.211 e. The number of hydrogen-bond acceptors (Lipinski definition) is 3. The van der Waals surface area contributed by atoms with Crippen LogP contribution in [0.3, 0.4) is 0 Å². The summed E-state index contributed by atoms with van der Waals surface area (Å²) in [6.45, 7) is 1.86. The molecule has 1 aromatic rings. The van der Waals surface area contributed by atoms with E-state index in [0.29, 0.717) is 5.76 Å². The first kappa shape index (κ1) is 7.02. The number of carbonyl (C=O) groups is 1. The average Bonchev–Trinajstić information content (AvgIpc) is 2.34. The number of nitrogens with two attached hydrogens (primary N) is 1. The maximum atomic E-state index is 10.8. The molecule has 0 aliphatic heterocycles. The van der Waals surface area contributed by atoms with Gasteiger partial charge in [-0.15, -0.1) is 0 Å². The molecular formula is C7H9NO2. The molecule has 0 fully saturated rings. The van der Waals surface area contributed by atoms with E-state index in [1.807, 2.05) is 6.92 Å². The van der Waals surface area contributed by atoms with Crippen molar-refractivity contribution < 1.29 is 9.21 Å². The van der Waals surface area contributed by atoms with E-state index in [9.17, 15) is 4.79 Å². The summed E-state index contributed by atoms with van der Waals surface area (Å²) in [6, 6.07) is 1.68. The van der Waals surface area contributed by atoms with Crippen LogP contribution in [0.25, 0.3) is 0 Å². The number of hydrogen-bond donors (Lipinski definition) is 1. The molecule has 1 rings (SSSR count). The monoisotopic (exact) mass is 139 g/mol. The first-order chi connectivity index (χ1) is 4.74. The van der Waals surface area contributed by atoms with Crippen LogP contribution in [0.1, 0.15) is 16.1 Å². The highest BCUT2D eigenvalue weighted by Gasteiger charge is 2.06. The number of furan rings is 1. The maximum absolute atomic E-state index is 10.8. The second-order valence-corrected chi connectivity index (χ2v) is 2.12. The third-order valence-electron chi connectivity index (χ3n) is 1.19. The third-order valence-corrected chi connectivity index (χ3v) is 1.19. The van der Waals surface area contributed by atoms with E-state index in [1.54, 1.807) is 6.07 Å². The number of Topliss-reactive ketones (excluding diaryl/α,β-unsaturated/α-hetero) is 1. The Bertz CT molecular complexity index is 240. The van der Waals surface area contributed by atoms with Crippen LogP contribution in [0.4, 0.5) is 0 Å². The lowest BCUT2D eigenvalue weighted by Crippen LogP contribution is -2.12. The molecule has 1 aromatic heterocycles. The van der Waals surface area contributed by atoms with Crippen molar-refractivity contribution in [2.75, 3.05) is 6.54 Å². The Morgan fingerprint density at radius 3 is 2.90 bits per heavy atom. The summed E-state index contributed by atoms with van der Waals surface area (Å²) in [5.41, 5.74) is 6.05. The van der Waals surface area contributed by atoms with Crippen molar-refractivity contribution in [1.29, 1.82) is 0 Å². The maximum Gasteiger partial charge on any atom is 0.211 e. The van der Waals surface area contributed by atoms with Gasteiger partial charge in [0.05, 0.1) is 12.8 Å². The lowest BCUT2D eigenvalue weighted by molar-refractivity contribution is 0.0975. The highest BCUT2D eigenvalue weighted by Crippen LogP contribution is 2.05. The third kappa shape index (κ3) is 1.25. The zero-order valence-corrected chi connectivity index (χ0v) is 5.76. The first-order valence-corrected chi connectivity index (χ1v) is 3.02. The molecule has 0 aromatic carbocycles. The Morgan fingerprint density at radius 1 is 1.80 bits per heavy atom. The number of aryl methyl sites for hydroxylation is 1. The van der Waals surface area contributed by atoms with Gasteiger partial charge in [0, 0.05) is 0 Å². The molecule has 2 N–H and O–H groups in total. The summed E-state index contributed by atoms with van der Waals surface area (Å²) in [7, 11) is 0. The Hall–Kier alpha value is -1.09. The summed E-state index contributed by atoms with van der Waals surface area (Å²) in [6.07, 6.45) is 1.53. The van der Waals surface area contributed by atoms with Gasteiger partial charge in [-0.2, -0.15) is 0 Å². The average molecular weight is 139 g/mol. The first-order valence-electron chi connectivity index (χ1n) is 3.02. The van der Waals surface area contributed by atoms with Crippen molar-refractivity contribution in [2.45, 2.75) is 6.92 Å². The summed E-state index contributed by atoms with van der Waals surface area (Å²) in [5.74, 6) is 0.188. The van der Waals surface area contributed by atoms with Crippen LogP contribution < -0.4 is 5.73 Å². The molecule has 10 heavy (non-hydrogen) atoms. The Morgan fingerprint density at radius 2 is 2.50 bits per heavy atom. The van der Waals surface area contributed by atoms with Gasteiger partial charge in [-0.1, -0.05) is 0 Å². The molecule has 0 saturated carbocycles. The van der Waals surface area contributed by atoms with Gasteiger partial charge < -0.3 is 10.2 Å².